The fourth-order valence-corrected chi connectivity index (χ4v) is 3.62. The van der Waals surface area contributed by atoms with Gasteiger partial charge in [-0.1, -0.05) is 22.9 Å². The second-order valence-corrected chi connectivity index (χ2v) is 7.67. The SMILES string of the molecule is Cc1cccc(C(=O)N2CC[C@]3(CC(C(=O)NCc4cnc(C)cn4)=NO3)C2)c1. The van der Waals surface area contributed by atoms with Gasteiger partial charge >= 0.3 is 0 Å². The maximum Gasteiger partial charge on any atom is 0.269 e. The summed E-state index contributed by atoms with van der Waals surface area (Å²) in [6.07, 6.45) is 4.32. The molecule has 0 unspecified atom stereocenters. The summed E-state index contributed by atoms with van der Waals surface area (Å²) in [5, 5.41) is 6.81. The monoisotopic (exact) mass is 393 g/mol. The van der Waals surface area contributed by atoms with Crippen LogP contribution in [0.1, 0.15) is 40.2 Å². The van der Waals surface area contributed by atoms with E-state index in [1.165, 1.54) is 0 Å². The second-order valence-electron chi connectivity index (χ2n) is 7.67. The predicted octanol–water partition coefficient (Wildman–Crippen LogP) is 1.77. The van der Waals surface area contributed by atoms with Crippen LogP contribution in [-0.4, -0.2) is 51.1 Å². The lowest BCUT2D eigenvalue weighted by Crippen LogP contribution is -2.38. The molecule has 4 rings (SSSR count). The van der Waals surface area contributed by atoms with Crippen LogP contribution in [0.5, 0.6) is 0 Å². The highest BCUT2D eigenvalue weighted by atomic mass is 16.7. The summed E-state index contributed by atoms with van der Waals surface area (Å²) in [5.74, 6) is -0.308. The molecule has 0 aliphatic carbocycles. The number of aromatic nitrogens is 2. The fraction of sp³-hybridized carbons (Fsp3) is 0.381. The van der Waals surface area contributed by atoms with E-state index in [1.807, 2.05) is 38.1 Å². The Morgan fingerprint density at radius 1 is 1.24 bits per heavy atom. The third kappa shape index (κ3) is 4.11. The zero-order valence-electron chi connectivity index (χ0n) is 16.5. The number of likely N-dealkylation sites (tertiary alicyclic amines) is 1. The van der Waals surface area contributed by atoms with Crippen LogP contribution >= 0.6 is 0 Å². The summed E-state index contributed by atoms with van der Waals surface area (Å²) in [6, 6.07) is 7.54. The van der Waals surface area contributed by atoms with Crippen molar-refractivity contribution < 1.29 is 14.4 Å². The molecule has 0 saturated carbocycles. The number of hydrogen-bond acceptors (Lipinski definition) is 6. The van der Waals surface area contributed by atoms with Gasteiger partial charge in [0.1, 0.15) is 5.71 Å². The van der Waals surface area contributed by atoms with Gasteiger partial charge in [-0.3, -0.25) is 19.6 Å². The van der Waals surface area contributed by atoms with Crippen molar-refractivity contribution in [2.24, 2.45) is 5.16 Å². The van der Waals surface area contributed by atoms with E-state index in [0.717, 1.165) is 11.3 Å². The van der Waals surface area contributed by atoms with Gasteiger partial charge in [0.25, 0.3) is 11.8 Å². The predicted molar refractivity (Wildman–Crippen MR) is 106 cm³/mol. The summed E-state index contributed by atoms with van der Waals surface area (Å²) < 4.78 is 0. The van der Waals surface area contributed by atoms with Crippen LogP contribution in [0.2, 0.25) is 0 Å². The number of oxime groups is 1. The summed E-state index contributed by atoms with van der Waals surface area (Å²) >= 11 is 0. The molecule has 0 bridgehead atoms. The van der Waals surface area contributed by atoms with Gasteiger partial charge in [0.05, 0.1) is 30.7 Å². The van der Waals surface area contributed by atoms with Gasteiger partial charge in [-0.05, 0) is 26.0 Å². The lowest BCUT2D eigenvalue weighted by Gasteiger charge is -2.21. The number of nitrogens with one attached hydrogen (secondary N) is 1. The molecule has 1 N–H and O–H groups in total. The van der Waals surface area contributed by atoms with E-state index in [0.29, 0.717) is 42.9 Å². The molecule has 1 spiro atoms. The molecule has 8 heteroatoms. The minimum absolute atomic E-state index is 0.0231. The third-order valence-corrected chi connectivity index (χ3v) is 5.23. The van der Waals surface area contributed by atoms with E-state index in [4.69, 9.17) is 4.84 Å². The molecule has 2 aliphatic heterocycles. The van der Waals surface area contributed by atoms with Crippen molar-refractivity contribution in [1.29, 1.82) is 0 Å². The summed E-state index contributed by atoms with van der Waals surface area (Å²) in [7, 11) is 0. The largest absolute Gasteiger partial charge is 0.386 e. The molecule has 3 heterocycles. The van der Waals surface area contributed by atoms with Crippen molar-refractivity contribution in [2.45, 2.75) is 38.8 Å². The fourth-order valence-electron chi connectivity index (χ4n) is 3.62. The van der Waals surface area contributed by atoms with Crippen LogP contribution in [-0.2, 0) is 16.2 Å². The highest BCUT2D eigenvalue weighted by Crippen LogP contribution is 2.34. The molecule has 150 valence electrons. The Bertz CT molecular complexity index is 973. The summed E-state index contributed by atoms with van der Waals surface area (Å²) in [6.45, 7) is 5.09. The lowest BCUT2D eigenvalue weighted by atomic mass is 9.96. The zero-order chi connectivity index (χ0) is 20.4. The number of carbonyl (C=O) groups is 2. The first-order valence-corrected chi connectivity index (χ1v) is 9.61. The summed E-state index contributed by atoms with van der Waals surface area (Å²) in [5.41, 5.74) is 2.93. The van der Waals surface area contributed by atoms with E-state index in [-0.39, 0.29) is 18.4 Å². The molecule has 1 atom stereocenters. The van der Waals surface area contributed by atoms with Crippen LogP contribution in [0, 0.1) is 13.8 Å². The minimum atomic E-state index is -0.615. The third-order valence-electron chi connectivity index (χ3n) is 5.23. The van der Waals surface area contributed by atoms with Gasteiger partial charge < -0.3 is 15.1 Å². The number of amides is 2. The van der Waals surface area contributed by atoms with Crippen LogP contribution in [0.25, 0.3) is 0 Å². The van der Waals surface area contributed by atoms with E-state index in [2.05, 4.69) is 20.4 Å². The van der Waals surface area contributed by atoms with E-state index in [9.17, 15) is 9.59 Å². The Hall–Kier alpha value is -3.29. The number of nitrogens with zero attached hydrogens (tertiary/aromatic N) is 4. The van der Waals surface area contributed by atoms with Gasteiger partial charge in [0.15, 0.2) is 5.60 Å². The van der Waals surface area contributed by atoms with Crippen LogP contribution in [0.3, 0.4) is 0 Å². The Labute approximate surface area is 169 Å². The molecular formula is C21H23N5O3. The topological polar surface area (TPSA) is 96.8 Å². The Kier molecular flexibility index (Phi) is 5.00. The molecule has 1 aromatic heterocycles. The average molecular weight is 393 g/mol. The molecule has 2 aliphatic rings. The molecule has 1 saturated heterocycles. The van der Waals surface area contributed by atoms with Crippen LogP contribution in [0.4, 0.5) is 0 Å². The molecule has 1 aromatic carbocycles. The number of rotatable bonds is 4. The van der Waals surface area contributed by atoms with Crippen molar-refractivity contribution in [3.8, 4) is 0 Å². The zero-order valence-corrected chi connectivity index (χ0v) is 16.5. The quantitative estimate of drug-likeness (QED) is 0.854. The van der Waals surface area contributed by atoms with Gasteiger partial charge in [0, 0.05) is 31.1 Å². The van der Waals surface area contributed by atoms with Gasteiger partial charge in [-0.25, -0.2) is 0 Å². The standard InChI is InChI=1S/C21H23N5O3/c1-14-4-3-5-16(8-14)20(28)26-7-6-21(13-26)9-18(25-29-21)19(27)24-12-17-11-22-15(2)10-23-17/h3-5,8,10-11H,6-7,9,12-13H2,1-2H3,(H,24,27)/t21-/m0/s1. The van der Waals surface area contributed by atoms with Gasteiger partial charge in [-0.15, -0.1) is 0 Å². The van der Waals surface area contributed by atoms with Crippen molar-refractivity contribution in [2.75, 3.05) is 13.1 Å². The Morgan fingerprint density at radius 2 is 2.10 bits per heavy atom. The van der Waals surface area contributed by atoms with Crippen molar-refractivity contribution in [3.63, 3.8) is 0 Å². The highest BCUT2D eigenvalue weighted by molar-refractivity contribution is 6.39. The number of carbonyl (C=O) groups excluding carboxylic acids is 2. The van der Waals surface area contributed by atoms with Crippen molar-refractivity contribution in [3.05, 3.63) is 59.2 Å². The van der Waals surface area contributed by atoms with Crippen molar-refractivity contribution in [1.82, 2.24) is 20.2 Å². The molecule has 1 fully saturated rings. The number of aryl methyl sites for hydroxylation is 2. The number of benzene rings is 1. The Balaban J connectivity index is 1.33. The molecular weight excluding hydrogens is 370 g/mol. The molecule has 2 amide bonds. The highest BCUT2D eigenvalue weighted by Gasteiger charge is 2.48. The first-order chi connectivity index (χ1) is 13.9. The first-order valence-electron chi connectivity index (χ1n) is 9.61. The maximum absolute atomic E-state index is 12.8. The van der Waals surface area contributed by atoms with E-state index in [1.54, 1.807) is 17.3 Å². The maximum atomic E-state index is 12.8. The average Bonchev–Trinajstić information content (AvgIpc) is 3.34. The van der Waals surface area contributed by atoms with Gasteiger partial charge in [-0.2, -0.15) is 0 Å². The van der Waals surface area contributed by atoms with E-state index < -0.39 is 5.60 Å². The molecule has 8 nitrogen and oxygen atoms in total. The lowest BCUT2D eigenvalue weighted by molar-refractivity contribution is -0.115. The van der Waals surface area contributed by atoms with Crippen LogP contribution in [0.15, 0.2) is 41.8 Å². The summed E-state index contributed by atoms with van der Waals surface area (Å²) in [4.78, 5) is 41.0. The van der Waals surface area contributed by atoms with Crippen molar-refractivity contribution >= 4 is 17.5 Å². The normalized spacial score (nSPS) is 20.5. The number of hydrogen-bond donors (Lipinski definition) is 1. The second kappa shape index (κ2) is 7.62. The minimum Gasteiger partial charge on any atom is -0.386 e. The molecule has 0 radical (unpaired) electrons. The van der Waals surface area contributed by atoms with Crippen LogP contribution < -0.4 is 5.32 Å². The molecule has 29 heavy (non-hydrogen) atoms. The Morgan fingerprint density at radius 3 is 2.86 bits per heavy atom. The van der Waals surface area contributed by atoms with Gasteiger partial charge in [0.2, 0.25) is 0 Å². The molecule has 2 aromatic rings. The van der Waals surface area contributed by atoms with E-state index >= 15 is 0 Å². The first kappa shape index (κ1) is 19.0. The smallest absolute Gasteiger partial charge is 0.269 e.